The first-order valence-corrected chi connectivity index (χ1v) is 9.24. The van der Waals surface area contributed by atoms with Gasteiger partial charge in [-0.25, -0.2) is 4.79 Å². The molecule has 8 heteroatoms. The molecule has 0 aromatic heterocycles. The number of methoxy groups -OCH3 is 1. The Balaban J connectivity index is 2.13. The van der Waals surface area contributed by atoms with Crippen molar-refractivity contribution in [2.75, 3.05) is 7.11 Å². The summed E-state index contributed by atoms with van der Waals surface area (Å²) in [6.45, 7) is 0. The molecule has 0 saturated carbocycles. The maximum Gasteiger partial charge on any atom is 0.367 e. The van der Waals surface area contributed by atoms with Gasteiger partial charge >= 0.3 is 16.1 Å². The van der Waals surface area contributed by atoms with E-state index in [1.54, 1.807) is 54.6 Å². The lowest BCUT2D eigenvalue weighted by Crippen LogP contribution is -2.14. The number of benzene rings is 2. The molecular weight excluding hydrogens is 350 g/mol. The number of hydrogen-bond acceptors (Lipinski definition) is 7. The third kappa shape index (κ3) is 5.71. The zero-order valence-electron chi connectivity index (χ0n) is 12.8. The van der Waals surface area contributed by atoms with Crippen LogP contribution >= 0.6 is 11.8 Å². The molecule has 2 aromatic carbocycles. The molecule has 0 saturated heterocycles. The zero-order valence-corrected chi connectivity index (χ0v) is 14.4. The predicted octanol–water partition coefficient (Wildman–Crippen LogP) is 2.81. The predicted molar refractivity (Wildman–Crippen MR) is 91.9 cm³/mol. The lowest BCUT2D eigenvalue weighted by molar-refractivity contribution is -0.132. The summed E-state index contributed by atoms with van der Waals surface area (Å²) in [4.78, 5) is 12.4. The van der Waals surface area contributed by atoms with Gasteiger partial charge in [-0.1, -0.05) is 65.4 Å². The SMILES string of the molecule is COC(=O)C(=NOS(=O)(=O)Cc1ccccc1)Sc1ccccc1. The summed E-state index contributed by atoms with van der Waals surface area (Å²) < 4.78 is 33.2. The third-order valence-corrected chi connectivity index (χ3v) is 4.67. The molecule has 0 heterocycles. The number of nitrogens with zero attached hydrogens (tertiary/aromatic N) is 1. The molecule has 0 unspecified atom stereocenters. The van der Waals surface area contributed by atoms with Crippen molar-refractivity contribution >= 4 is 32.9 Å². The van der Waals surface area contributed by atoms with E-state index >= 15 is 0 Å². The summed E-state index contributed by atoms with van der Waals surface area (Å²) in [5.74, 6) is -1.12. The normalized spacial score (nSPS) is 11.8. The van der Waals surface area contributed by atoms with Gasteiger partial charge in [-0.3, -0.25) is 4.28 Å². The largest absolute Gasteiger partial charge is 0.464 e. The summed E-state index contributed by atoms with van der Waals surface area (Å²) in [6.07, 6.45) is 0. The standard InChI is InChI=1S/C16H15NO5S2/c1-21-16(18)15(23-14-10-6-3-7-11-14)17-22-24(19,20)12-13-8-4-2-5-9-13/h2-11H,12H2,1H3. The Morgan fingerprint density at radius 1 is 1.04 bits per heavy atom. The van der Waals surface area contributed by atoms with E-state index in [1.807, 2.05) is 6.07 Å². The lowest BCUT2D eigenvalue weighted by Gasteiger charge is -2.05. The van der Waals surface area contributed by atoms with Gasteiger partial charge in [0.05, 0.1) is 7.11 Å². The van der Waals surface area contributed by atoms with Crippen molar-refractivity contribution in [3.05, 3.63) is 66.2 Å². The van der Waals surface area contributed by atoms with Gasteiger partial charge in [0.15, 0.2) is 0 Å². The Morgan fingerprint density at radius 2 is 1.62 bits per heavy atom. The summed E-state index contributed by atoms with van der Waals surface area (Å²) in [6, 6.07) is 17.4. The average molecular weight is 365 g/mol. The minimum atomic E-state index is -3.97. The van der Waals surface area contributed by atoms with Crippen LogP contribution in [0.25, 0.3) is 0 Å². The zero-order chi connectivity index (χ0) is 17.4. The van der Waals surface area contributed by atoms with E-state index in [4.69, 9.17) is 0 Å². The molecule has 0 bridgehead atoms. The Kier molecular flexibility index (Phi) is 6.39. The summed E-state index contributed by atoms with van der Waals surface area (Å²) in [7, 11) is -2.79. The lowest BCUT2D eigenvalue weighted by atomic mass is 10.2. The highest BCUT2D eigenvalue weighted by molar-refractivity contribution is 8.15. The molecule has 6 nitrogen and oxygen atoms in total. The van der Waals surface area contributed by atoms with Crippen LogP contribution in [0.1, 0.15) is 5.56 Å². The van der Waals surface area contributed by atoms with Crippen molar-refractivity contribution in [3.8, 4) is 0 Å². The first kappa shape index (κ1) is 18.0. The molecular formula is C16H15NO5S2. The fourth-order valence-electron chi connectivity index (χ4n) is 1.68. The molecule has 0 spiro atoms. The second-order valence-corrected chi connectivity index (χ2v) is 7.18. The molecule has 0 aliphatic heterocycles. The summed E-state index contributed by atoms with van der Waals surface area (Å²) in [5.41, 5.74) is 0.558. The van der Waals surface area contributed by atoms with Crippen molar-refractivity contribution < 1.29 is 22.2 Å². The number of hydrogen-bond donors (Lipinski definition) is 0. The van der Waals surface area contributed by atoms with Gasteiger partial charge in [-0.2, -0.15) is 8.42 Å². The minimum Gasteiger partial charge on any atom is -0.464 e. The second-order valence-electron chi connectivity index (χ2n) is 4.57. The van der Waals surface area contributed by atoms with Crippen LogP contribution in [-0.4, -0.2) is 26.5 Å². The van der Waals surface area contributed by atoms with Crippen LogP contribution < -0.4 is 0 Å². The van der Waals surface area contributed by atoms with Gasteiger partial charge in [-0.05, 0) is 17.7 Å². The van der Waals surface area contributed by atoms with Gasteiger partial charge in [0.1, 0.15) is 5.75 Å². The number of thioether (sulfide) groups is 1. The van der Waals surface area contributed by atoms with Crippen LogP contribution in [0.3, 0.4) is 0 Å². The van der Waals surface area contributed by atoms with Gasteiger partial charge in [0.2, 0.25) is 5.04 Å². The van der Waals surface area contributed by atoms with Crippen LogP contribution in [0.2, 0.25) is 0 Å². The monoisotopic (exact) mass is 365 g/mol. The third-order valence-electron chi connectivity index (χ3n) is 2.74. The number of esters is 1. The number of oxime groups is 1. The van der Waals surface area contributed by atoms with E-state index in [1.165, 1.54) is 7.11 Å². The molecule has 0 N–H and O–H groups in total. The number of rotatable bonds is 5. The molecule has 0 radical (unpaired) electrons. The van der Waals surface area contributed by atoms with Crippen molar-refractivity contribution in [2.45, 2.75) is 10.6 Å². The van der Waals surface area contributed by atoms with Gasteiger partial charge in [0.25, 0.3) is 0 Å². The van der Waals surface area contributed by atoms with Crippen LogP contribution in [0, 0.1) is 0 Å². The quantitative estimate of drug-likeness (QED) is 0.266. The fraction of sp³-hybridized carbons (Fsp3) is 0.125. The van der Waals surface area contributed by atoms with E-state index in [9.17, 15) is 13.2 Å². The molecule has 0 atom stereocenters. The van der Waals surface area contributed by atoms with Gasteiger partial charge in [-0.15, -0.1) is 0 Å². The maximum atomic E-state index is 12.0. The molecule has 126 valence electrons. The number of carbonyl (C=O) groups is 1. The van der Waals surface area contributed by atoms with E-state index in [-0.39, 0.29) is 10.8 Å². The van der Waals surface area contributed by atoms with Crippen molar-refractivity contribution in [3.63, 3.8) is 0 Å². The van der Waals surface area contributed by atoms with Gasteiger partial charge < -0.3 is 4.74 Å². The van der Waals surface area contributed by atoms with Crippen molar-refractivity contribution in [1.29, 1.82) is 0 Å². The highest BCUT2D eigenvalue weighted by Crippen LogP contribution is 2.20. The van der Waals surface area contributed by atoms with E-state index < -0.39 is 16.1 Å². The van der Waals surface area contributed by atoms with Crippen LogP contribution in [0.4, 0.5) is 0 Å². The van der Waals surface area contributed by atoms with Gasteiger partial charge in [0, 0.05) is 4.90 Å². The Bertz CT molecular complexity index is 805. The van der Waals surface area contributed by atoms with Crippen molar-refractivity contribution in [2.24, 2.45) is 5.16 Å². The smallest absolute Gasteiger partial charge is 0.367 e. The molecule has 2 aromatic rings. The molecule has 0 amide bonds. The highest BCUT2D eigenvalue weighted by Gasteiger charge is 2.18. The summed E-state index contributed by atoms with van der Waals surface area (Å²) in [5, 5.41) is 3.27. The van der Waals surface area contributed by atoms with Crippen molar-refractivity contribution in [1.82, 2.24) is 0 Å². The van der Waals surface area contributed by atoms with E-state index in [2.05, 4.69) is 14.2 Å². The number of ether oxygens (including phenoxy) is 1. The molecule has 0 aliphatic rings. The maximum absolute atomic E-state index is 12.0. The van der Waals surface area contributed by atoms with E-state index in [0.717, 1.165) is 11.8 Å². The minimum absolute atomic E-state index is 0.208. The number of carbonyl (C=O) groups excluding carboxylic acids is 1. The van der Waals surface area contributed by atoms with Crippen LogP contribution in [0.15, 0.2) is 70.7 Å². The molecule has 0 aliphatic carbocycles. The van der Waals surface area contributed by atoms with Crippen LogP contribution in [0.5, 0.6) is 0 Å². The topological polar surface area (TPSA) is 82.0 Å². The Labute approximate surface area is 144 Å². The summed E-state index contributed by atoms with van der Waals surface area (Å²) >= 11 is 0.954. The highest BCUT2D eigenvalue weighted by atomic mass is 32.2. The first-order chi connectivity index (χ1) is 11.5. The first-order valence-electron chi connectivity index (χ1n) is 6.84. The van der Waals surface area contributed by atoms with E-state index in [0.29, 0.717) is 10.5 Å². The Hall–Kier alpha value is -2.32. The van der Waals surface area contributed by atoms with Crippen LogP contribution in [-0.2, 0) is 29.7 Å². The Morgan fingerprint density at radius 3 is 2.21 bits per heavy atom. The average Bonchev–Trinajstić information content (AvgIpc) is 2.59. The second kappa shape index (κ2) is 8.51. The molecule has 2 rings (SSSR count). The molecule has 24 heavy (non-hydrogen) atoms. The molecule has 0 fully saturated rings. The fourth-order valence-corrected chi connectivity index (χ4v) is 3.33.